The summed E-state index contributed by atoms with van der Waals surface area (Å²) in [4.78, 5) is 38.9. The first kappa shape index (κ1) is 26.8. The molecule has 4 aliphatic rings. The summed E-state index contributed by atoms with van der Waals surface area (Å²) in [5.41, 5.74) is 0.598. The Kier molecular flexibility index (Phi) is 6.88. The second-order valence-electron chi connectivity index (χ2n) is 10.9. The number of esters is 2. The Hall–Kier alpha value is -2.79. The van der Waals surface area contributed by atoms with Crippen molar-refractivity contribution >= 4 is 17.7 Å². The van der Waals surface area contributed by atoms with Gasteiger partial charge in [-0.25, -0.2) is 4.79 Å². The first-order valence-electron chi connectivity index (χ1n) is 13.2. The molecule has 10 nitrogen and oxygen atoms in total. The van der Waals surface area contributed by atoms with Gasteiger partial charge in [-0.3, -0.25) is 9.59 Å². The van der Waals surface area contributed by atoms with E-state index in [1.165, 1.54) is 13.8 Å². The van der Waals surface area contributed by atoms with Crippen molar-refractivity contribution in [1.82, 2.24) is 4.90 Å². The molecular weight excluding hydrogens is 494 g/mol. The number of hydrogen-bond donors (Lipinski definition) is 3. The van der Waals surface area contributed by atoms with Gasteiger partial charge in [-0.2, -0.15) is 0 Å². The number of aliphatic hydroxyl groups excluding tert-OH is 2. The summed E-state index contributed by atoms with van der Waals surface area (Å²) in [6.07, 6.45) is 0.314. The third kappa shape index (κ3) is 3.97. The molecule has 2 heterocycles. The van der Waals surface area contributed by atoms with Gasteiger partial charge in [0.2, 0.25) is 0 Å². The van der Waals surface area contributed by atoms with Gasteiger partial charge in [0.15, 0.2) is 18.0 Å². The van der Waals surface area contributed by atoms with Crippen molar-refractivity contribution in [3.63, 3.8) is 0 Å². The number of ketones is 1. The average Bonchev–Trinajstić information content (AvgIpc) is 3.23. The topological polar surface area (TPSA) is 143 Å². The van der Waals surface area contributed by atoms with Gasteiger partial charge in [-0.1, -0.05) is 12.1 Å². The van der Waals surface area contributed by atoms with E-state index in [0.29, 0.717) is 24.2 Å². The first-order valence-corrected chi connectivity index (χ1v) is 13.2. The van der Waals surface area contributed by atoms with E-state index >= 15 is 0 Å². The van der Waals surface area contributed by atoms with Gasteiger partial charge in [0.1, 0.15) is 17.6 Å². The highest BCUT2D eigenvalue weighted by Crippen LogP contribution is 2.64. The van der Waals surface area contributed by atoms with Crippen LogP contribution in [0.3, 0.4) is 0 Å². The molecule has 1 aromatic rings. The van der Waals surface area contributed by atoms with E-state index in [9.17, 15) is 29.7 Å². The molecule has 2 aliphatic carbocycles. The van der Waals surface area contributed by atoms with Crippen molar-refractivity contribution in [2.75, 3.05) is 13.6 Å². The minimum Gasteiger partial charge on any atom is -0.481 e. The molecule has 5 rings (SSSR count). The van der Waals surface area contributed by atoms with Crippen molar-refractivity contribution in [2.24, 2.45) is 0 Å². The first-order chi connectivity index (χ1) is 18.0. The van der Waals surface area contributed by atoms with Crippen molar-refractivity contribution in [1.29, 1.82) is 0 Å². The van der Waals surface area contributed by atoms with Crippen LogP contribution in [0.15, 0.2) is 24.0 Å². The van der Waals surface area contributed by atoms with Crippen molar-refractivity contribution in [3.05, 3.63) is 40.7 Å². The Labute approximate surface area is 221 Å². The number of likely N-dealkylation sites (N-methyl/N-ethyl adjacent to an activating group) is 1. The fraction of sp³-hybridized carbons (Fsp3) is 0.607. The number of piperidine rings is 1. The Balaban J connectivity index is 1.35. The van der Waals surface area contributed by atoms with E-state index in [2.05, 4.69) is 4.90 Å². The standard InChI is InChI=1S/C28H35NO9/c1-15(31)19(32)5-4-6-22(33)36-16(2)26(34)37-20-9-10-28(35)21-13-17-7-8-18(14-30)24-23(17)27(28,25(20)38-24)11-12-29(21)3/h7-9,15-16,21,25,30-31,35H,4-6,10-14H2,1-3H3/t15-,16-,21+,25?,27?,28+/m0/s1. The SMILES string of the molecule is C[C@H](O)C(=O)CCCC(=O)O[C@@H](C)C(=O)OC1=CC[C@@]2(O)[C@H]3Cc4ccc(CO)c5c4C2(CCN3C)C1O5. The van der Waals surface area contributed by atoms with Crippen molar-refractivity contribution < 1.29 is 43.9 Å². The lowest BCUT2D eigenvalue weighted by Crippen LogP contribution is -2.74. The Bertz CT molecular complexity index is 1190. The van der Waals surface area contributed by atoms with Crippen LogP contribution in [-0.2, 0) is 42.3 Å². The van der Waals surface area contributed by atoms with Crippen LogP contribution in [0, 0.1) is 0 Å². The average molecular weight is 530 g/mol. The zero-order chi connectivity index (χ0) is 27.4. The number of aliphatic hydroxyl groups is 3. The molecule has 1 aromatic carbocycles. The van der Waals surface area contributed by atoms with Crippen molar-refractivity contribution in [3.8, 4) is 5.75 Å². The molecule has 2 unspecified atom stereocenters. The maximum Gasteiger partial charge on any atom is 0.352 e. The number of Topliss-reactive ketones (excluding diaryl/α,β-unsaturated/α-hetero) is 1. The quantitative estimate of drug-likeness (QED) is 0.397. The summed E-state index contributed by atoms with van der Waals surface area (Å²) in [6.45, 7) is 3.29. The third-order valence-corrected chi connectivity index (χ3v) is 8.75. The molecule has 6 atom stereocenters. The maximum atomic E-state index is 13.0. The largest absolute Gasteiger partial charge is 0.481 e. The fourth-order valence-corrected chi connectivity index (χ4v) is 6.75. The van der Waals surface area contributed by atoms with Gasteiger partial charge in [-0.15, -0.1) is 0 Å². The molecule has 10 heteroatoms. The monoisotopic (exact) mass is 529 g/mol. The molecule has 0 amide bonds. The van der Waals surface area contributed by atoms with E-state index in [1.807, 2.05) is 19.2 Å². The van der Waals surface area contributed by atoms with Crippen LogP contribution >= 0.6 is 0 Å². The van der Waals surface area contributed by atoms with Gasteiger partial charge >= 0.3 is 11.9 Å². The van der Waals surface area contributed by atoms with Crippen molar-refractivity contribution in [2.45, 2.75) is 94.3 Å². The Morgan fingerprint density at radius 1 is 1.24 bits per heavy atom. The highest BCUT2D eigenvalue weighted by atomic mass is 16.6. The fourth-order valence-electron chi connectivity index (χ4n) is 6.75. The maximum absolute atomic E-state index is 13.0. The predicted octanol–water partition coefficient (Wildman–Crippen LogP) is 1.05. The molecule has 0 saturated carbocycles. The zero-order valence-corrected chi connectivity index (χ0v) is 21.9. The zero-order valence-electron chi connectivity index (χ0n) is 21.9. The van der Waals surface area contributed by atoms with Crippen LogP contribution in [0.1, 0.15) is 62.6 Å². The second kappa shape index (κ2) is 9.75. The highest BCUT2D eigenvalue weighted by molar-refractivity contribution is 5.83. The van der Waals surface area contributed by atoms with Crippen LogP contribution in [0.5, 0.6) is 5.75 Å². The van der Waals surface area contributed by atoms with E-state index < -0.39 is 41.3 Å². The second-order valence-corrected chi connectivity index (χ2v) is 10.9. The summed E-state index contributed by atoms with van der Waals surface area (Å²) in [6, 6.07) is 3.69. The van der Waals surface area contributed by atoms with E-state index in [1.54, 1.807) is 6.08 Å². The lowest BCUT2D eigenvalue weighted by atomic mass is 9.50. The molecule has 2 aliphatic heterocycles. The molecule has 2 bridgehead atoms. The van der Waals surface area contributed by atoms with Crippen LogP contribution in [0.2, 0.25) is 0 Å². The van der Waals surface area contributed by atoms with Gasteiger partial charge in [0.05, 0.1) is 17.6 Å². The van der Waals surface area contributed by atoms with Crippen LogP contribution in [-0.4, -0.2) is 81.5 Å². The number of carbonyl (C=O) groups is 3. The van der Waals surface area contributed by atoms with Crippen LogP contribution in [0.25, 0.3) is 0 Å². The summed E-state index contributed by atoms with van der Waals surface area (Å²) in [5.74, 6) is -0.967. The number of benzene rings is 1. The van der Waals surface area contributed by atoms with E-state index in [0.717, 1.165) is 17.7 Å². The summed E-state index contributed by atoms with van der Waals surface area (Å²) >= 11 is 0. The molecule has 3 N–H and O–H groups in total. The number of hydrogen-bond acceptors (Lipinski definition) is 10. The number of rotatable bonds is 9. The number of carbonyl (C=O) groups excluding carboxylic acids is 3. The molecule has 206 valence electrons. The van der Waals surface area contributed by atoms with Crippen LogP contribution in [0.4, 0.5) is 0 Å². The summed E-state index contributed by atoms with van der Waals surface area (Å²) in [7, 11) is 2.00. The summed E-state index contributed by atoms with van der Waals surface area (Å²) < 4.78 is 17.4. The smallest absolute Gasteiger partial charge is 0.352 e. The lowest BCUT2D eigenvalue weighted by Gasteiger charge is -2.61. The molecule has 1 saturated heterocycles. The van der Waals surface area contributed by atoms with E-state index in [4.69, 9.17) is 14.2 Å². The predicted molar refractivity (Wildman–Crippen MR) is 133 cm³/mol. The van der Waals surface area contributed by atoms with Gasteiger partial charge in [-0.05, 0) is 58.3 Å². The lowest BCUT2D eigenvalue weighted by molar-refractivity contribution is -0.175. The Morgan fingerprint density at radius 3 is 2.71 bits per heavy atom. The molecule has 1 fully saturated rings. The molecule has 0 radical (unpaired) electrons. The van der Waals surface area contributed by atoms with E-state index in [-0.39, 0.29) is 49.9 Å². The number of likely N-dealkylation sites (tertiary alicyclic amines) is 1. The molecule has 1 spiro atoms. The normalized spacial score (nSPS) is 30.4. The van der Waals surface area contributed by atoms with Gasteiger partial charge in [0, 0.05) is 36.4 Å². The Morgan fingerprint density at radius 2 is 2.00 bits per heavy atom. The number of ether oxygens (including phenoxy) is 3. The summed E-state index contributed by atoms with van der Waals surface area (Å²) in [5, 5.41) is 31.5. The highest BCUT2D eigenvalue weighted by Gasteiger charge is 2.71. The van der Waals surface area contributed by atoms with Crippen LogP contribution < -0.4 is 4.74 Å². The van der Waals surface area contributed by atoms with Gasteiger partial charge in [0.25, 0.3) is 0 Å². The molecular formula is C28H35NO9. The molecule has 38 heavy (non-hydrogen) atoms. The minimum atomic E-state index is -1.20. The van der Waals surface area contributed by atoms with Gasteiger partial charge < -0.3 is 34.4 Å². The number of nitrogens with zero attached hydrogens (tertiary/aromatic N) is 1. The molecule has 0 aromatic heterocycles. The minimum absolute atomic E-state index is 0.0387. The third-order valence-electron chi connectivity index (χ3n) is 8.75.